The Morgan fingerprint density at radius 3 is 3.21 bits per heavy atom. The van der Waals surface area contributed by atoms with Crippen LogP contribution in [-0.2, 0) is 0 Å². The van der Waals surface area contributed by atoms with Crippen molar-refractivity contribution in [2.75, 3.05) is 24.5 Å². The molecule has 1 fully saturated rings. The van der Waals surface area contributed by atoms with Gasteiger partial charge >= 0.3 is 0 Å². The third kappa shape index (κ3) is 2.60. The molecular formula is C15H21N3S. The summed E-state index contributed by atoms with van der Waals surface area (Å²) in [6, 6.07) is 4.92. The second-order valence-electron chi connectivity index (χ2n) is 5.16. The van der Waals surface area contributed by atoms with E-state index < -0.39 is 0 Å². The minimum Gasteiger partial charge on any atom is -0.352 e. The molecule has 0 aromatic carbocycles. The second-order valence-corrected chi connectivity index (χ2v) is 6.11. The van der Waals surface area contributed by atoms with E-state index in [-0.39, 0.29) is 0 Å². The van der Waals surface area contributed by atoms with E-state index in [1.807, 2.05) is 6.20 Å². The average molecular weight is 275 g/mol. The number of piperidine rings is 1. The smallest absolute Gasteiger partial charge is 0.137 e. The third-order valence-electron chi connectivity index (χ3n) is 3.81. The van der Waals surface area contributed by atoms with Crippen molar-refractivity contribution in [1.29, 1.82) is 0 Å². The van der Waals surface area contributed by atoms with Crippen molar-refractivity contribution in [1.82, 2.24) is 10.3 Å². The Hall–Kier alpha value is -1.13. The van der Waals surface area contributed by atoms with Gasteiger partial charge in [-0.1, -0.05) is 6.92 Å². The summed E-state index contributed by atoms with van der Waals surface area (Å²) in [5, 5.41) is 7.00. The summed E-state index contributed by atoms with van der Waals surface area (Å²) in [6.45, 7) is 5.58. The molecule has 0 bridgehead atoms. The maximum absolute atomic E-state index is 4.68. The van der Waals surface area contributed by atoms with Gasteiger partial charge in [0.15, 0.2) is 0 Å². The molecule has 0 amide bonds. The first-order chi connectivity index (χ1) is 9.40. The van der Waals surface area contributed by atoms with Crippen LogP contribution in [0.4, 0.5) is 5.82 Å². The number of anilines is 1. The minimum absolute atomic E-state index is 0.590. The standard InChI is InChI=1S/C15H21N3S/c1-2-9-18(12-4-3-7-16-11-12)15-13-6-10-19-14(13)5-8-17-15/h5-6,8,10,12,16H,2-4,7,9,11H2,1H3. The van der Waals surface area contributed by atoms with Gasteiger partial charge in [0, 0.05) is 35.4 Å². The average Bonchev–Trinajstić information content (AvgIpc) is 2.94. The van der Waals surface area contributed by atoms with E-state index in [0.29, 0.717) is 6.04 Å². The summed E-state index contributed by atoms with van der Waals surface area (Å²) < 4.78 is 1.34. The van der Waals surface area contributed by atoms with E-state index in [4.69, 9.17) is 0 Å². The largest absolute Gasteiger partial charge is 0.352 e. The Balaban J connectivity index is 1.96. The number of hydrogen-bond acceptors (Lipinski definition) is 4. The molecule has 1 saturated heterocycles. The zero-order chi connectivity index (χ0) is 13.1. The van der Waals surface area contributed by atoms with E-state index in [1.54, 1.807) is 11.3 Å². The topological polar surface area (TPSA) is 28.2 Å². The van der Waals surface area contributed by atoms with Crippen LogP contribution in [0.5, 0.6) is 0 Å². The van der Waals surface area contributed by atoms with Gasteiger partial charge in [-0.25, -0.2) is 4.98 Å². The van der Waals surface area contributed by atoms with Crippen LogP contribution in [0.2, 0.25) is 0 Å². The minimum atomic E-state index is 0.590. The van der Waals surface area contributed by atoms with Gasteiger partial charge in [0.25, 0.3) is 0 Å². The first-order valence-corrected chi connectivity index (χ1v) is 8.07. The van der Waals surface area contributed by atoms with Gasteiger partial charge < -0.3 is 10.2 Å². The van der Waals surface area contributed by atoms with Gasteiger partial charge in [-0.2, -0.15) is 0 Å². The fourth-order valence-electron chi connectivity index (χ4n) is 2.91. The van der Waals surface area contributed by atoms with Gasteiger partial charge in [-0.3, -0.25) is 0 Å². The Morgan fingerprint density at radius 1 is 1.47 bits per heavy atom. The number of nitrogens with one attached hydrogen (secondary N) is 1. The zero-order valence-electron chi connectivity index (χ0n) is 11.4. The first-order valence-electron chi connectivity index (χ1n) is 7.19. The van der Waals surface area contributed by atoms with E-state index in [9.17, 15) is 0 Å². The predicted molar refractivity (Wildman–Crippen MR) is 83.1 cm³/mol. The summed E-state index contributed by atoms with van der Waals surface area (Å²) in [7, 11) is 0. The Kier molecular flexibility index (Phi) is 3.99. The van der Waals surface area contributed by atoms with Crippen LogP contribution < -0.4 is 10.2 Å². The highest BCUT2D eigenvalue weighted by atomic mass is 32.1. The lowest BCUT2D eigenvalue weighted by molar-refractivity contribution is 0.429. The molecule has 3 heterocycles. The first kappa shape index (κ1) is 12.9. The molecule has 102 valence electrons. The second kappa shape index (κ2) is 5.88. The molecule has 1 aliphatic heterocycles. The van der Waals surface area contributed by atoms with E-state index in [0.717, 1.165) is 19.6 Å². The zero-order valence-corrected chi connectivity index (χ0v) is 12.2. The van der Waals surface area contributed by atoms with Gasteiger partial charge in [0.1, 0.15) is 5.82 Å². The van der Waals surface area contributed by atoms with Crippen molar-refractivity contribution in [3.05, 3.63) is 23.7 Å². The van der Waals surface area contributed by atoms with Crippen molar-refractivity contribution in [2.24, 2.45) is 0 Å². The van der Waals surface area contributed by atoms with E-state index in [1.165, 1.54) is 35.2 Å². The van der Waals surface area contributed by atoms with Gasteiger partial charge in [0.05, 0.1) is 0 Å². The van der Waals surface area contributed by atoms with Crippen molar-refractivity contribution in [3.8, 4) is 0 Å². The number of pyridine rings is 1. The molecular weight excluding hydrogens is 254 g/mol. The molecule has 1 unspecified atom stereocenters. The summed E-state index contributed by atoms with van der Waals surface area (Å²) in [4.78, 5) is 7.19. The number of hydrogen-bond donors (Lipinski definition) is 1. The normalized spacial score (nSPS) is 19.7. The van der Waals surface area contributed by atoms with Crippen molar-refractivity contribution in [3.63, 3.8) is 0 Å². The molecule has 0 saturated carbocycles. The van der Waals surface area contributed by atoms with Crippen LogP contribution >= 0.6 is 11.3 Å². The quantitative estimate of drug-likeness (QED) is 0.928. The maximum atomic E-state index is 4.68. The molecule has 19 heavy (non-hydrogen) atoms. The van der Waals surface area contributed by atoms with Crippen molar-refractivity contribution in [2.45, 2.75) is 32.2 Å². The lowest BCUT2D eigenvalue weighted by Gasteiger charge is -2.35. The Morgan fingerprint density at radius 2 is 2.42 bits per heavy atom. The molecule has 3 rings (SSSR count). The van der Waals surface area contributed by atoms with E-state index in [2.05, 4.69) is 39.6 Å². The van der Waals surface area contributed by atoms with Crippen LogP contribution in [0, 0.1) is 0 Å². The lowest BCUT2D eigenvalue weighted by Crippen LogP contribution is -2.46. The lowest BCUT2D eigenvalue weighted by atomic mass is 10.1. The number of fused-ring (bicyclic) bond motifs is 1. The molecule has 2 aromatic rings. The van der Waals surface area contributed by atoms with Gasteiger partial charge in [0.2, 0.25) is 0 Å². The fourth-order valence-corrected chi connectivity index (χ4v) is 3.69. The number of aromatic nitrogens is 1. The molecule has 0 spiro atoms. The number of nitrogens with zero attached hydrogens (tertiary/aromatic N) is 2. The highest BCUT2D eigenvalue weighted by Crippen LogP contribution is 2.30. The third-order valence-corrected chi connectivity index (χ3v) is 4.69. The molecule has 0 radical (unpaired) electrons. The molecule has 2 aromatic heterocycles. The van der Waals surface area contributed by atoms with Crippen LogP contribution in [-0.4, -0.2) is 30.7 Å². The summed E-state index contributed by atoms with van der Waals surface area (Å²) >= 11 is 1.80. The number of thiophene rings is 1. The molecule has 0 aliphatic carbocycles. The fraction of sp³-hybridized carbons (Fsp3) is 0.533. The molecule has 1 atom stereocenters. The monoisotopic (exact) mass is 275 g/mol. The SMILES string of the molecule is CCCN(c1nccc2sccc12)C1CCCNC1. The Bertz CT molecular complexity index is 531. The van der Waals surface area contributed by atoms with Crippen LogP contribution in [0.1, 0.15) is 26.2 Å². The van der Waals surface area contributed by atoms with Crippen molar-refractivity contribution < 1.29 is 0 Å². The molecule has 3 nitrogen and oxygen atoms in total. The Labute approximate surface area is 118 Å². The predicted octanol–water partition coefficient (Wildman–Crippen LogP) is 3.26. The van der Waals surface area contributed by atoms with Gasteiger partial charge in [-0.05, 0) is 43.3 Å². The molecule has 4 heteroatoms. The highest BCUT2D eigenvalue weighted by Gasteiger charge is 2.23. The van der Waals surface area contributed by atoms with Crippen molar-refractivity contribution >= 4 is 27.2 Å². The summed E-state index contributed by atoms with van der Waals surface area (Å²) in [5.74, 6) is 1.18. The van der Waals surface area contributed by atoms with Crippen LogP contribution in [0.25, 0.3) is 10.1 Å². The van der Waals surface area contributed by atoms with Gasteiger partial charge in [-0.15, -0.1) is 11.3 Å². The highest BCUT2D eigenvalue weighted by molar-refractivity contribution is 7.17. The molecule has 1 N–H and O–H groups in total. The van der Waals surface area contributed by atoms with E-state index >= 15 is 0 Å². The number of rotatable bonds is 4. The van der Waals surface area contributed by atoms with Crippen LogP contribution in [0.3, 0.4) is 0 Å². The summed E-state index contributed by atoms with van der Waals surface area (Å²) in [5.41, 5.74) is 0. The summed E-state index contributed by atoms with van der Waals surface area (Å²) in [6.07, 6.45) is 5.66. The maximum Gasteiger partial charge on any atom is 0.137 e. The molecule has 1 aliphatic rings. The van der Waals surface area contributed by atoms with Crippen LogP contribution in [0.15, 0.2) is 23.7 Å².